The molecule has 1 fully saturated rings. The summed E-state index contributed by atoms with van der Waals surface area (Å²) >= 11 is 1.73. The van der Waals surface area contributed by atoms with Crippen molar-refractivity contribution in [3.05, 3.63) is 48.0 Å². The Labute approximate surface area is 173 Å². The normalized spacial score (nSPS) is 18.9. The molecule has 150 valence electrons. The fourth-order valence-electron chi connectivity index (χ4n) is 3.88. The highest BCUT2D eigenvalue weighted by Crippen LogP contribution is 2.33. The number of rotatable bonds is 3. The number of aromatic nitrogens is 1. The first-order chi connectivity index (χ1) is 14.2. The van der Waals surface area contributed by atoms with E-state index in [9.17, 15) is 4.79 Å². The zero-order chi connectivity index (χ0) is 19.8. The number of para-hydroxylation sites is 3. The number of anilines is 1. The van der Waals surface area contributed by atoms with Crippen LogP contribution in [0.25, 0.3) is 10.2 Å². The van der Waals surface area contributed by atoms with E-state index >= 15 is 0 Å². The average molecular weight is 410 g/mol. The molecule has 0 unspecified atom stereocenters. The zero-order valence-electron chi connectivity index (χ0n) is 16.3. The second kappa shape index (κ2) is 7.55. The Balaban J connectivity index is 1.24. The highest BCUT2D eigenvalue weighted by Gasteiger charge is 2.33. The van der Waals surface area contributed by atoms with Crippen molar-refractivity contribution in [2.45, 2.75) is 19.4 Å². The monoisotopic (exact) mass is 409 g/mol. The standard InChI is InChI=1S/C22H23N3O3S/c1-2-15-6-5-9-19-20(15)23-22(29-19)25-12-10-24(11-13-25)21(26)18-14-27-16-7-3-4-8-17(16)28-18/h3-9,18H,2,10-14H2,1H3/t18-/m0/s1. The number of fused-ring (bicyclic) bond motifs is 2. The molecule has 3 aromatic rings. The molecule has 2 aliphatic rings. The highest BCUT2D eigenvalue weighted by molar-refractivity contribution is 7.22. The molecule has 0 saturated carbocycles. The van der Waals surface area contributed by atoms with Crippen LogP contribution in [-0.4, -0.2) is 54.7 Å². The third kappa shape index (κ3) is 3.40. The van der Waals surface area contributed by atoms with Gasteiger partial charge in [-0.25, -0.2) is 4.98 Å². The molecule has 29 heavy (non-hydrogen) atoms. The van der Waals surface area contributed by atoms with Gasteiger partial charge in [-0.3, -0.25) is 4.79 Å². The van der Waals surface area contributed by atoms with Gasteiger partial charge < -0.3 is 19.3 Å². The van der Waals surface area contributed by atoms with Crippen molar-refractivity contribution < 1.29 is 14.3 Å². The molecule has 7 heteroatoms. The maximum Gasteiger partial charge on any atom is 0.267 e. The van der Waals surface area contributed by atoms with E-state index in [4.69, 9.17) is 14.5 Å². The molecule has 2 aromatic carbocycles. The van der Waals surface area contributed by atoms with Crippen molar-refractivity contribution >= 4 is 32.6 Å². The van der Waals surface area contributed by atoms with Crippen LogP contribution in [0.5, 0.6) is 11.5 Å². The van der Waals surface area contributed by atoms with E-state index in [1.54, 1.807) is 11.3 Å². The Morgan fingerprint density at radius 1 is 1.10 bits per heavy atom. The SMILES string of the molecule is CCc1cccc2sc(N3CCN(C(=O)[C@@H]4COc5ccccc5O4)CC3)nc12. The molecule has 3 heterocycles. The number of benzene rings is 2. The largest absolute Gasteiger partial charge is 0.485 e. The summed E-state index contributed by atoms with van der Waals surface area (Å²) in [4.78, 5) is 22.0. The van der Waals surface area contributed by atoms with Gasteiger partial charge in [0.15, 0.2) is 16.6 Å². The molecule has 0 N–H and O–H groups in total. The minimum absolute atomic E-state index is 0.00304. The molecule has 0 bridgehead atoms. The molecular weight excluding hydrogens is 386 g/mol. The van der Waals surface area contributed by atoms with E-state index in [0.717, 1.165) is 30.2 Å². The Hall–Kier alpha value is -2.80. The van der Waals surface area contributed by atoms with Crippen LogP contribution in [-0.2, 0) is 11.2 Å². The van der Waals surface area contributed by atoms with Crippen LogP contribution in [0.4, 0.5) is 5.13 Å². The van der Waals surface area contributed by atoms with Crippen molar-refractivity contribution in [2.75, 3.05) is 37.7 Å². The number of aryl methyl sites for hydroxylation is 1. The molecule has 1 amide bonds. The fraction of sp³-hybridized carbons (Fsp3) is 0.364. The van der Waals surface area contributed by atoms with Gasteiger partial charge in [0.05, 0.1) is 10.2 Å². The van der Waals surface area contributed by atoms with E-state index in [-0.39, 0.29) is 12.5 Å². The van der Waals surface area contributed by atoms with Crippen LogP contribution in [0.2, 0.25) is 0 Å². The summed E-state index contributed by atoms with van der Waals surface area (Å²) in [5.41, 5.74) is 2.40. The van der Waals surface area contributed by atoms with Gasteiger partial charge in [-0.2, -0.15) is 0 Å². The van der Waals surface area contributed by atoms with Crippen LogP contribution < -0.4 is 14.4 Å². The number of amides is 1. The Kier molecular flexibility index (Phi) is 4.75. The lowest BCUT2D eigenvalue weighted by atomic mass is 10.1. The third-order valence-corrected chi connectivity index (χ3v) is 6.60. The molecule has 0 aliphatic carbocycles. The topological polar surface area (TPSA) is 54.9 Å². The summed E-state index contributed by atoms with van der Waals surface area (Å²) in [6.45, 7) is 5.30. The predicted molar refractivity (Wildman–Crippen MR) is 114 cm³/mol. The zero-order valence-corrected chi connectivity index (χ0v) is 17.2. The molecule has 2 aliphatic heterocycles. The first-order valence-corrected chi connectivity index (χ1v) is 10.8. The van der Waals surface area contributed by atoms with E-state index in [1.165, 1.54) is 10.3 Å². The first kappa shape index (κ1) is 18.2. The number of ether oxygens (including phenoxy) is 2. The number of carbonyl (C=O) groups excluding carboxylic acids is 1. The maximum absolute atomic E-state index is 12.9. The lowest BCUT2D eigenvalue weighted by Crippen LogP contribution is -2.54. The Morgan fingerprint density at radius 3 is 2.69 bits per heavy atom. The van der Waals surface area contributed by atoms with Gasteiger partial charge in [-0.05, 0) is 30.2 Å². The average Bonchev–Trinajstić information content (AvgIpc) is 3.23. The summed E-state index contributed by atoms with van der Waals surface area (Å²) < 4.78 is 12.8. The second-order valence-electron chi connectivity index (χ2n) is 7.29. The quantitative estimate of drug-likeness (QED) is 0.664. The van der Waals surface area contributed by atoms with Crippen molar-refractivity contribution in [1.82, 2.24) is 9.88 Å². The summed E-state index contributed by atoms with van der Waals surface area (Å²) in [5, 5.41) is 1.04. The van der Waals surface area contributed by atoms with Crippen LogP contribution in [0.1, 0.15) is 12.5 Å². The van der Waals surface area contributed by atoms with Gasteiger partial charge in [-0.15, -0.1) is 0 Å². The number of hydrogen-bond donors (Lipinski definition) is 0. The van der Waals surface area contributed by atoms with Crippen LogP contribution in [0.15, 0.2) is 42.5 Å². The fourth-order valence-corrected chi connectivity index (χ4v) is 4.94. The Morgan fingerprint density at radius 2 is 1.90 bits per heavy atom. The first-order valence-electron chi connectivity index (χ1n) is 10.0. The molecule has 0 spiro atoms. The third-order valence-electron chi connectivity index (χ3n) is 5.52. The van der Waals surface area contributed by atoms with Crippen molar-refractivity contribution in [2.24, 2.45) is 0 Å². The molecule has 1 atom stereocenters. The van der Waals surface area contributed by atoms with E-state index in [2.05, 4.69) is 30.0 Å². The Bertz CT molecular complexity index is 1040. The highest BCUT2D eigenvalue weighted by atomic mass is 32.1. The summed E-state index contributed by atoms with van der Waals surface area (Å²) in [7, 11) is 0. The molecule has 1 saturated heterocycles. The minimum atomic E-state index is -0.578. The summed E-state index contributed by atoms with van der Waals surface area (Å²) in [5.74, 6) is 1.33. The molecule has 1 aromatic heterocycles. The molecule has 0 radical (unpaired) electrons. The van der Waals surface area contributed by atoms with E-state index in [0.29, 0.717) is 24.6 Å². The van der Waals surface area contributed by atoms with Crippen LogP contribution >= 0.6 is 11.3 Å². The number of thiazole rings is 1. The van der Waals surface area contributed by atoms with Gasteiger partial charge in [0, 0.05) is 26.2 Å². The minimum Gasteiger partial charge on any atom is -0.485 e. The van der Waals surface area contributed by atoms with Gasteiger partial charge >= 0.3 is 0 Å². The van der Waals surface area contributed by atoms with Crippen molar-refractivity contribution in [3.8, 4) is 11.5 Å². The number of piperazine rings is 1. The van der Waals surface area contributed by atoms with Crippen molar-refractivity contribution in [3.63, 3.8) is 0 Å². The number of hydrogen-bond acceptors (Lipinski definition) is 6. The lowest BCUT2D eigenvalue weighted by Gasteiger charge is -2.37. The van der Waals surface area contributed by atoms with Crippen molar-refractivity contribution in [1.29, 1.82) is 0 Å². The molecule has 6 nitrogen and oxygen atoms in total. The van der Waals surface area contributed by atoms with Gasteiger partial charge in [0.2, 0.25) is 6.10 Å². The smallest absolute Gasteiger partial charge is 0.267 e. The lowest BCUT2D eigenvalue weighted by molar-refractivity contribution is -0.141. The van der Waals surface area contributed by atoms with E-state index in [1.807, 2.05) is 29.2 Å². The summed E-state index contributed by atoms with van der Waals surface area (Å²) in [6, 6.07) is 13.9. The van der Waals surface area contributed by atoms with Gasteiger partial charge in [0.1, 0.15) is 6.61 Å². The molecule has 5 rings (SSSR count). The predicted octanol–water partition coefficient (Wildman–Crippen LogP) is 3.35. The van der Waals surface area contributed by atoms with Crippen LogP contribution in [0.3, 0.4) is 0 Å². The van der Waals surface area contributed by atoms with Crippen LogP contribution in [0, 0.1) is 0 Å². The summed E-state index contributed by atoms with van der Waals surface area (Å²) in [6.07, 6.45) is 0.404. The van der Waals surface area contributed by atoms with Gasteiger partial charge in [0.25, 0.3) is 5.91 Å². The number of carbonyl (C=O) groups is 1. The number of nitrogens with zero attached hydrogens (tertiary/aromatic N) is 3. The maximum atomic E-state index is 12.9. The van der Waals surface area contributed by atoms with E-state index < -0.39 is 6.10 Å². The van der Waals surface area contributed by atoms with Gasteiger partial charge in [-0.1, -0.05) is 42.5 Å². The second-order valence-corrected chi connectivity index (χ2v) is 8.30. The molecular formula is C22H23N3O3S.